The number of hydrogen-bond acceptors (Lipinski definition) is 3. The Hall–Kier alpha value is -1.78. The lowest BCUT2D eigenvalue weighted by molar-refractivity contribution is -0.133. The smallest absolute Gasteiger partial charge is 0.287 e. The normalized spacial score (nSPS) is 17.8. The van der Waals surface area contributed by atoms with E-state index in [-0.39, 0.29) is 17.6 Å². The molecule has 1 aliphatic rings. The van der Waals surface area contributed by atoms with E-state index < -0.39 is 6.04 Å². The number of carbonyl (C=O) groups excluding carboxylic acids is 2. The Labute approximate surface area is 125 Å². The van der Waals surface area contributed by atoms with Gasteiger partial charge in [0.2, 0.25) is 5.91 Å². The third kappa shape index (κ3) is 4.09. The van der Waals surface area contributed by atoms with Gasteiger partial charge in [0.05, 0.1) is 6.26 Å². The van der Waals surface area contributed by atoms with Crippen molar-refractivity contribution >= 4 is 11.8 Å². The van der Waals surface area contributed by atoms with Gasteiger partial charge in [-0.3, -0.25) is 9.59 Å². The highest BCUT2D eigenvalue weighted by atomic mass is 16.3. The molecule has 1 atom stereocenters. The van der Waals surface area contributed by atoms with E-state index in [0.29, 0.717) is 6.04 Å². The minimum atomic E-state index is -0.546. The molecule has 2 rings (SSSR count). The lowest BCUT2D eigenvalue weighted by Crippen LogP contribution is -2.48. The number of hydrogen-bond donors (Lipinski definition) is 1. The minimum Gasteiger partial charge on any atom is -0.459 e. The fraction of sp³-hybridized carbons (Fsp3) is 0.625. The van der Waals surface area contributed by atoms with Crippen molar-refractivity contribution in [3.8, 4) is 0 Å². The molecule has 2 amide bonds. The molecular formula is C16H24N2O3. The highest BCUT2D eigenvalue weighted by Gasteiger charge is 2.26. The second-order valence-corrected chi connectivity index (χ2v) is 5.77. The van der Waals surface area contributed by atoms with Crippen LogP contribution < -0.4 is 5.32 Å². The molecule has 1 N–H and O–H groups in total. The maximum Gasteiger partial charge on any atom is 0.287 e. The van der Waals surface area contributed by atoms with Crippen LogP contribution >= 0.6 is 0 Å². The SMILES string of the molecule is CC(NC(=O)c1ccco1)C(=O)N(C)C1CCCCCC1. The number of nitrogens with one attached hydrogen (secondary N) is 1. The van der Waals surface area contributed by atoms with Crippen LogP contribution in [0.2, 0.25) is 0 Å². The van der Waals surface area contributed by atoms with Gasteiger partial charge in [-0.05, 0) is 31.9 Å². The number of rotatable bonds is 4. The largest absolute Gasteiger partial charge is 0.459 e. The Bertz CT molecular complexity index is 462. The monoisotopic (exact) mass is 292 g/mol. The van der Waals surface area contributed by atoms with Crippen LogP contribution in [-0.2, 0) is 4.79 Å². The molecule has 0 spiro atoms. The van der Waals surface area contributed by atoms with Crippen molar-refractivity contribution in [3.63, 3.8) is 0 Å². The first-order valence-corrected chi connectivity index (χ1v) is 7.70. The Morgan fingerprint density at radius 3 is 2.52 bits per heavy atom. The van der Waals surface area contributed by atoms with Gasteiger partial charge in [0.15, 0.2) is 5.76 Å². The molecule has 0 aromatic carbocycles. The zero-order valence-electron chi connectivity index (χ0n) is 12.8. The maximum absolute atomic E-state index is 12.4. The molecule has 0 radical (unpaired) electrons. The van der Waals surface area contributed by atoms with Crippen molar-refractivity contribution in [2.75, 3.05) is 7.05 Å². The van der Waals surface area contributed by atoms with Crippen molar-refractivity contribution < 1.29 is 14.0 Å². The van der Waals surface area contributed by atoms with Gasteiger partial charge in [0.1, 0.15) is 6.04 Å². The number of furan rings is 1. The predicted molar refractivity (Wildman–Crippen MR) is 79.9 cm³/mol. The fourth-order valence-corrected chi connectivity index (χ4v) is 2.87. The lowest BCUT2D eigenvalue weighted by Gasteiger charge is -2.29. The summed E-state index contributed by atoms with van der Waals surface area (Å²) in [5.74, 6) is -0.163. The summed E-state index contributed by atoms with van der Waals surface area (Å²) in [6.45, 7) is 1.72. The van der Waals surface area contributed by atoms with E-state index in [1.165, 1.54) is 31.9 Å². The van der Waals surface area contributed by atoms with E-state index in [2.05, 4.69) is 5.32 Å². The van der Waals surface area contributed by atoms with Crippen LogP contribution in [0.5, 0.6) is 0 Å². The highest BCUT2D eigenvalue weighted by molar-refractivity contribution is 5.95. The fourth-order valence-electron chi connectivity index (χ4n) is 2.87. The standard InChI is InChI=1S/C16H24N2O3/c1-12(17-15(19)14-10-7-11-21-14)16(20)18(2)13-8-5-3-4-6-9-13/h7,10-13H,3-6,8-9H2,1-2H3,(H,17,19). The molecule has 0 bridgehead atoms. The van der Waals surface area contributed by atoms with Crippen LogP contribution in [0.1, 0.15) is 56.0 Å². The van der Waals surface area contributed by atoms with Crippen molar-refractivity contribution in [1.82, 2.24) is 10.2 Å². The molecule has 0 saturated heterocycles. The van der Waals surface area contributed by atoms with Gasteiger partial charge in [-0.25, -0.2) is 0 Å². The average molecular weight is 292 g/mol. The molecule has 21 heavy (non-hydrogen) atoms. The lowest BCUT2D eigenvalue weighted by atomic mass is 10.1. The molecule has 1 aromatic heterocycles. The van der Waals surface area contributed by atoms with Crippen molar-refractivity contribution in [2.24, 2.45) is 0 Å². The quantitative estimate of drug-likeness (QED) is 0.868. The van der Waals surface area contributed by atoms with E-state index in [1.54, 1.807) is 24.0 Å². The zero-order chi connectivity index (χ0) is 15.2. The van der Waals surface area contributed by atoms with Gasteiger partial charge in [-0.1, -0.05) is 25.7 Å². The van der Waals surface area contributed by atoms with Crippen molar-refractivity contribution in [3.05, 3.63) is 24.2 Å². The van der Waals surface area contributed by atoms with Crippen LogP contribution in [0.25, 0.3) is 0 Å². The number of nitrogens with zero attached hydrogens (tertiary/aromatic N) is 1. The predicted octanol–water partition coefficient (Wildman–Crippen LogP) is 2.58. The summed E-state index contributed by atoms with van der Waals surface area (Å²) in [4.78, 5) is 26.1. The Morgan fingerprint density at radius 1 is 1.29 bits per heavy atom. The van der Waals surface area contributed by atoms with Gasteiger partial charge >= 0.3 is 0 Å². The molecule has 1 unspecified atom stereocenters. The molecule has 1 fully saturated rings. The zero-order valence-corrected chi connectivity index (χ0v) is 12.8. The second-order valence-electron chi connectivity index (χ2n) is 5.77. The summed E-state index contributed by atoms with van der Waals surface area (Å²) in [5.41, 5.74) is 0. The van der Waals surface area contributed by atoms with Crippen molar-refractivity contribution in [2.45, 2.75) is 57.5 Å². The Kier molecular flexibility index (Phi) is 5.42. The summed E-state index contributed by atoms with van der Waals surface area (Å²) >= 11 is 0. The maximum atomic E-state index is 12.4. The molecule has 116 valence electrons. The second kappa shape index (κ2) is 7.29. The summed E-state index contributed by atoms with van der Waals surface area (Å²) in [7, 11) is 1.84. The van der Waals surface area contributed by atoms with E-state index in [9.17, 15) is 9.59 Å². The third-order valence-electron chi connectivity index (χ3n) is 4.18. The van der Waals surface area contributed by atoms with Crippen molar-refractivity contribution in [1.29, 1.82) is 0 Å². The first kappa shape index (κ1) is 15.6. The van der Waals surface area contributed by atoms with Gasteiger partial charge in [-0.2, -0.15) is 0 Å². The van der Waals surface area contributed by atoms with Crippen LogP contribution in [0, 0.1) is 0 Å². The number of carbonyl (C=O) groups is 2. The first-order valence-electron chi connectivity index (χ1n) is 7.70. The molecule has 1 saturated carbocycles. The van der Waals surface area contributed by atoms with Gasteiger partial charge in [0.25, 0.3) is 5.91 Å². The van der Waals surface area contributed by atoms with Crippen LogP contribution in [0.3, 0.4) is 0 Å². The summed E-state index contributed by atoms with van der Waals surface area (Å²) < 4.78 is 5.03. The van der Waals surface area contributed by atoms with Gasteiger partial charge in [0, 0.05) is 13.1 Å². The van der Waals surface area contributed by atoms with Crippen LogP contribution in [0.15, 0.2) is 22.8 Å². The minimum absolute atomic E-state index is 0.0400. The van der Waals surface area contributed by atoms with E-state index in [1.807, 2.05) is 7.05 Å². The van der Waals surface area contributed by atoms with Crippen LogP contribution in [-0.4, -0.2) is 35.8 Å². The molecule has 5 heteroatoms. The van der Waals surface area contributed by atoms with Crippen LogP contribution in [0.4, 0.5) is 0 Å². The number of amides is 2. The molecule has 1 aliphatic carbocycles. The molecule has 1 heterocycles. The Balaban J connectivity index is 1.90. The topological polar surface area (TPSA) is 62.6 Å². The Morgan fingerprint density at radius 2 is 1.95 bits per heavy atom. The summed E-state index contributed by atoms with van der Waals surface area (Å²) in [6.07, 6.45) is 8.42. The van der Waals surface area contributed by atoms with E-state index >= 15 is 0 Å². The van der Waals surface area contributed by atoms with E-state index in [4.69, 9.17) is 4.42 Å². The molecule has 0 aliphatic heterocycles. The first-order chi connectivity index (χ1) is 10.1. The number of likely N-dealkylation sites (N-methyl/N-ethyl adjacent to an activating group) is 1. The van der Waals surface area contributed by atoms with Gasteiger partial charge < -0.3 is 14.6 Å². The van der Waals surface area contributed by atoms with Gasteiger partial charge in [-0.15, -0.1) is 0 Å². The third-order valence-corrected chi connectivity index (χ3v) is 4.18. The highest BCUT2D eigenvalue weighted by Crippen LogP contribution is 2.21. The summed E-state index contributed by atoms with van der Waals surface area (Å²) in [5, 5.41) is 2.69. The molecule has 1 aromatic rings. The molecular weight excluding hydrogens is 268 g/mol. The molecule has 5 nitrogen and oxygen atoms in total. The summed E-state index contributed by atoms with van der Waals surface area (Å²) in [6, 6.07) is 2.99. The average Bonchev–Trinajstić information content (AvgIpc) is 2.88. The van der Waals surface area contributed by atoms with E-state index in [0.717, 1.165) is 12.8 Å².